The molecule has 1 aromatic rings. The lowest BCUT2D eigenvalue weighted by atomic mass is 9.47. The average Bonchev–Trinajstić information content (AvgIpc) is 3.31. The summed E-state index contributed by atoms with van der Waals surface area (Å²) in [6.45, 7) is 6.49. The third kappa shape index (κ3) is 3.02. The van der Waals surface area contributed by atoms with Gasteiger partial charge in [-0.05, 0) is 118 Å². The molecule has 4 aliphatic carbocycles. The van der Waals surface area contributed by atoms with Crippen molar-refractivity contribution in [3.05, 3.63) is 41.5 Å². The lowest BCUT2D eigenvalue weighted by Gasteiger charge is -2.58. The number of nitriles is 1. The summed E-state index contributed by atoms with van der Waals surface area (Å²) in [6.07, 6.45) is 13.7. The topological polar surface area (TPSA) is 30.3 Å². The van der Waals surface area contributed by atoms with Crippen molar-refractivity contribution in [1.82, 2.24) is 4.90 Å². The molecule has 176 valence electrons. The average molecular weight is 444 g/mol. The van der Waals surface area contributed by atoms with E-state index in [1.54, 1.807) is 5.57 Å². The van der Waals surface area contributed by atoms with Crippen molar-refractivity contribution in [2.24, 2.45) is 34.5 Å². The number of hydrogen-bond acceptors (Lipinski definition) is 3. The highest BCUT2D eigenvalue weighted by Gasteiger charge is 2.64. The highest BCUT2D eigenvalue weighted by molar-refractivity contribution is 5.52. The van der Waals surface area contributed by atoms with Crippen molar-refractivity contribution in [2.45, 2.75) is 77.3 Å². The molecule has 3 saturated carbocycles. The van der Waals surface area contributed by atoms with E-state index in [0.29, 0.717) is 16.9 Å². The van der Waals surface area contributed by atoms with Crippen LogP contribution < -0.4 is 4.90 Å². The quantitative estimate of drug-likeness (QED) is 0.506. The number of anilines is 1. The van der Waals surface area contributed by atoms with Gasteiger partial charge in [-0.25, -0.2) is 0 Å². The van der Waals surface area contributed by atoms with Gasteiger partial charge in [-0.1, -0.05) is 24.6 Å². The van der Waals surface area contributed by atoms with Crippen LogP contribution >= 0.6 is 0 Å². The smallest absolute Gasteiger partial charge is 0.0992 e. The third-order valence-electron chi connectivity index (χ3n) is 11.6. The van der Waals surface area contributed by atoms with Crippen LogP contribution in [0.3, 0.4) is 0 Å². The minimum absolute atomic E-state index is 0.407. The molecule has 1 aromatic carbocycles. The number of rotatable bonds is 2. The number of allylic oxidation sites excluding steroid dienone is 1. The molecule has 3 nitrogen and oxygen atoms in total. The zero-order valence-electron chi connectivity index (χ0n) is 21.1. The molecule has 1 aliphatic heterocycles. The maximum Gasteiger partial charge on any atom is 0.0992 e. The van der Waals surface area contributed by atoms with Gasteiger partial charge in [0.2, 0.25) is 0 Å². The van der Waals surface area contributed by atoms with E-state index in [-0.39, 0.29) is 0 Å². The fraction of sp³-hybridized carbons (Fsp3) is 0.700. The summed E-state index contributed by atoms with van der Waals surface area (Å²) >= 11 is 0. The minimum atomic E-state index is 0.407. The summed E-state index contributed by atoms with van der Waals surface area (Å²) in [5, 5.41) is 9.32. The zero-order chi connectivity index (χ0) is 23.0. The summed E-state index contributed by atoms with van der Waals surface area (Å²) in [5.74, 6) is 3.71. The Morgan fingerprint density at radius 1 is 1.09 bits per heavy atom. The molecule has 0 radical (unpaired) electrons. The molecule has 1 heterocycles. The van der Waals surface area contributed by atoms with Crippen molar-refractivity contribution in [1.29, 1.82) is 5.26 Å². The molecule has 3 heteroatoms. The summed E-state index contributed by atoms with van der Waals surface area (Å²) < 4.78 is 0. The van der Waals surface area contributed by atoms with Gasteiger partial charge in [0, 0.05) is 31.4 Å². The molecular formula is C30H41N3. The van der Waals surface area contributed by atoms with Crippen LogP contribution in [0.1, 0.15) is 70.8 Å². The fourth-order valence-corrected chi connectivity index (χ4v) is 9.78. The first-order valence-corrected chi connectivity index (χ1v) is 13.5. The Labute approximate surface area is 200 Å². The molecule has 33 heavy (non-hydrogen) atoms. The van der Waals surface area contributed by atoms with Crippen LogP contribution in [0.25, 0.3) is 0 Å². The van der Waals surface area contributed by atoms with Gasteiger partial charge in [0.15, 0.2) is 0 Å². The maximum atomic E-state index is 9.32. The van der Waals surface area contributed by atoms with E-state index in [9.17, 15) is 5.26 Å². The Morgan fingerprint density at radius 2 is 1.91 bits per heavy atom. The Bertz CT molecular complexity index is 1010. The molecule has 0 N–H and O–H groups in total. The second-order valence-electron chi connectivity index (χ2n) is 12.5. The minimum Gasteiger partial charge on any atom is -0.371 e. The summed E-state index contributed by atoms with van der Waals surface area (Å²) in [7, 11) is 4.61. The van der Waals surface area contributed by atoms with Gasteiger partial charge in [-0.15, -0.1) is 0 Å². The van der Waals surface area contributed by atoms with Gasteiger partial charge in [-0.3, -0.25) is 0 Å². The molecule has 0 aromatic heterocycles. The highest BCUT2D eigenvalue weighted by Crippen LogP contribution is 2.68. The molecule has 5 aliphatic rings. The van der Waals surface area contributed by atoms with Crippen LogP contribution in [-0.4, -0.2) is 37.6 Å². The second-order valence-corrected chi connectivity index (χ2v) is 12.5. The molecule has 0 unspecified atom stereocenters. The lowest BCUT2D eigenvalue weighted by Crippen LogP contribution is -2.52. The van der Waals surface area contributed by atoms with Crippen molar-refractivity contribution >= 4 is 5.69 Å². The number of benzene rings is 1. The molecular weight excluding hydrogens is 402 g/mol. The zero-order valence-corrected chi connectivity index (χ0v) is 21.1. The monoisotopic (exact) mass is 443 g/mol. The molecule has 0 bridgehead atoms. The SMILES string of the molecule is C[C@H]1[C@H]2CC[C@H]3[C@@H]4CC=C5C[C@@H](N(C)c6cccc(C#N)c6)CC[C@]5(C)[C@H]4CC[C@]23CN1C. The van der Waals surface area contributed by atoms with Crippen LogP contribution in [-0.2, 0) is 0 Å². The largest absolute Gasteiger partial charge is 0.371 e. The van der Waals surface area contributed by atoms with Crippen LogP contribution in [0.15, 0.2) is 35.9 Å². The van der Waals surface area contributed by atoms with Crippen molar-refractivity contribution in [3.8, 4) is 6.07 Å². The van der Waals surface area contributed by atoms with Crippen molar-refractivity contribution in [2.75, 3.05) is 25.5 Å². The molecule has 1 saturated heterocycles. The highest BCUT2D eigenvalue weighted by atomic mass is 15.2. The second kappa shape index (κ2) is 7.61. The first-order valence-electron chi connectivity index (χ1n) is 13.5. The molecule has 1 spiro atoms. The number of likely N-dealkylation sites (tertiary alicyclic amines) is 1. The maximum absolute atomic E-state index is 9.32. The van der Waals surface area contributed by atoms with E-state index in [1.807, 2.05) is 12.1 Å². The van der Waals surface area contributed by atoms with E-state index in [1.165, 1.54) is 63.6 Å². The summed E-state index contributed by atoms with van der Waals surface area (Å²) in [4.78, 5) is 5.13. The van der Waals surface area contributed by atoms with Crippen LogP contribution in [0.4, 0.5) is 5.69 Å². The van der Waals surface area contributed by atoms with Crippen LogP contribution in [0, 0.1) is 45.8 Å². The predicted molar refractivity (Wildman–Crippen MR) is 135 cm³/mol. The Hall–Kier alpha value is -1.79. The van der Waals surface area contributed by atoms with Crippen molar-refractivity contribution < 1.29 is 0 Å². The van der Waals surface area contributed by atoms with Gasteiger partial charge >= 0.3 is 0 Å². The van der Waals surface area contributed by atoms with E-state index < -0.39 is 0 Å². The molecule has 4 fully saturated rings. The van der Waals surface area contributed by atoms with Gasteiger partial charge in [0.05, 0.1) is 11.6 Å². The standard InChI is InChI=1S/C30H41N3/c1-20-26-10-11-28-25-9-8-22-17-24(33(4)23-7-5-6-21(16-23)18-31)12-14-29(22,2)27(25)13-15-30(26,28)19-32(20)3/h5-8,16,20,24-28H,9-15,17,19H2,1-4H3/t20-,24-,25+,26+,27-,28-,29-,30-/m0/s1. The van der Waals surface area contributed by atoms with E-state index >= 15 is 0 Å². The summed E-state index contributed by atoms with van der Waals surface area (Å²) in [6, 6.07) is 11.8. The third-order valence-corrected chi connectivity index (χ3v) is 11.6. The first kappa shape index (κ1) is 21.7. The molecule has 0 amide bonds. The van der Waals surface area contributed by atoms with E-state index in [0.717, 1.165) is 35.3 Å². The van der Waals surface area contributed by atoms with E-state index in [4.69, 9.17) is 0 Å². The molecule has 8 atom stereocenters. The lowest BCUT2D eigenvalue weighted by molar-refractivity contribution is -0.0398. The van der Waals surface area contributed by atoms with Crippen molar-refractivity contribution in [3.63, 3.8) is 0 Å². The van der Waals surface area contributed by atoms with Crippen LogP contribution in [0.5, 0.6) is 0 Å². The predicted octanol–water partition coefficient (Wildman–Crippen LogP) is 6.26. The number of nitrogens with zero attached hydrogens (tertiary/aromatic N) is 3. The van der Waals surface area contributed by atoms with Gasteiger partial charge in [-0.2, -0.15) is 5.26 Å². The Balaban J connectivity index is 1.24. The number of fused-ring (bicyclic) bond motifs is 4. The van der Waals surface area contributed by atoms with E-state index in [2.05, 4.69) is 62.0 Å². The van der Waals surface area contributed by atoms with Gasteiger partial charge in [0.25, 0.3) is 0 Å². The number of hydrogen-bond donors (Lipinski definition) is 0. The summed E-state index contributed by atoms with van der Waals surface area (Å²) in [5.41, 5.74) is 4.74. The first-order chi connectivity index (χ1) is 15.9. The van der Waals surface area contributed by atoms with Crippen LogP contribution in [0.2, 0.25) is 0 Å². The van der Waals surface area contributed by atoms with Gasteiger partial charge in [0.1, 0.15) is 0 Å². The fourth-order valence-electron chi connectivity index (χ4n) is 9.78. The Kier molecular flexibility index (Phi) is 5.01. The normalized spacial score (nSPS) is 44.2. The molecule has 6 rings (SSSR count). The van der Waals surface area contributed by atoms with Gasteiger partial charge < -0.3 is 9.80 Å². The Morgan fingerprint density at radius 3 is 2.73 bits per heavy atom.